The number of hydrogen-bond acceptors (Lipinski definition) is 8. The minimum absolute atomic E-state index is 0.295. The number of aliphatic imine (C=N–C) groups is 2. The van der Waals surface area contributed by atoms with Crippen molar-refractivity contribution in [2.45, 2.75) is 0 Å². The smallest absolute Gasteiger partial charge is 0.450 e. The average molecular weight is 526 g/mol. The monoisotopic (exact) mass is 524 g/mol. The highest BCUT2D eigenvalue weighted by molar-refractivity contribution is 9.10. The second kappa shape index (κ2) is 8.79. The van der Waals surface area contributed by atoms with Gasteiger partial charge in [0.2, 0.25) is 0 Å². The fraction of sp³-hybridized carbons (Fsp3) is 0. The van der Waals surface area contributed by atoms with Crippen molar-refractivity contribution in [3.8, 4) is 11.5 Å². The highest BCUT2D eigenvalue weighted by Crippen LogP contribution is 2.24. The zero-order valence-electron chi connectivity index (χ0n) is 14.1. The average Bonchev–Trinajstić information content (AvgIpc) is 2.65. The summed E-state index contributed by atoms with van der Waals surface area (Å²) < 4.78 is 12.5. The first-order valence-electron chi connectivity index (χ1n) is 7.61. The number of halogens is 2. The van der Waals surface area contributed by atoms with Gasteiger partial charge in [0.05, 0.1) is 0 Å². The lowest BCUT2D eigenvalue weighted by Crippen LogP contribution is -2.23. The second-order valence-electron chi connectivity index (χ2n) is 5.17. The molecule has 0 fully saturated rings. The van der Waals surface area contributed by atoms with Crippen LogP contribution >= 0.6 is 31.9 Å². The van der Waals surface area contributed by atoms with E-state index in [-0.39, 0.29) is 0 Å². The summed E-state index contributed by atoms with van der Waals surface area (Å²) in [5.41, 5.74) is 0. The molecule has 0 unspecified atom stereocenters. The van der Waals surface area contributed by atoms with Crippen LogP contribution in [-0.2, 0) is 0 Å². The Bertz CT molecular complexity index is 969. The molecule has 3 rings (SSSR count). The fourth-order valence-corrected chi connectivity index (χ4v) is 2.50. The summed E-state index contributed by atoms with van der Waals surface area (Å²) >= 11 is 6.55. The maximum Gasteiger partial charge on any atom is 0.571 e. The zero-order chi connectivity index (χ0) is 21.0. The lowest BCUT2D eigenvalue weighted by Gasteiger charge is -2.23. The molecule has 0 saturated carbocycles. The number of amidine groups is 2. The molecule has 2 aromatic carbocycles. The standard InChI is InChI=1S/C16H8Br2N5O6/c17-9-1-5-11(6-2-9)28-15-19-13(14(22(24)25)23(26)27)20-16(21-15)29-12-7-3-10(18)4-8-12/h1-8H/q-1. The summed E-state index contributed by atoms with van der Waals surface area (Å²) in [5.74, 6) is -1.66. The van der Waals surface area contributed by atoms with Crippen LogP contribution in [0.3, 0.4) is 0 Å². The SMILES string of the molecule is O=[N+]([O-])C(=C1N=C(Oc2ccc(Br)cc2)[N-]C(Oc2ccc(Br)cc2)=N1)[N+](=O)[O-]. The minimum atomic E-state index is -1.44. The van der Waals surface area contributed by atoms with E-state index in [2.05, 4.69) is 47.2 Å². The van der Waals surface area contributed by atoms with Crippen LogP contribution in [0, 0.1) is 20.2 Å². The Morgan fingerprint density at radius 3 is 1.52 bits per heavy atom. The molecule has 2 aromatic rings. The summed E-state index contributed by atoms with van der Waals surface area (Å²) in [6.07, 6.45) is 0. The number of hydrogen-bond donors (Lipinski definition) is 0. The molecule has 0 bridgehead atoms. The summed E-state index contributed by atoms with van der Waals surface area (Å²) in [7, 11) is 0. The van der Waals surface area contributed by atoms with Crippen molar-refractivity contribution in [2.24, 2.45) is 9.98 Å². The Kier molecular flexibility index (Phi) is 6.19. The molecule has 0 spiro atoms. The van der Waals surface area contributed by atoms with Gasteiger partial charge in [0.15, 0.2) is 17.9 Å². The second-order valence-corrected chi connectivity index (χ2v) is 7.01. The van der Waals surface area contributed by atoms with Gasteiger partial charge in [-0.2, -0.15) is 0 Å². The van der Waals surface area contributed by atoms with E-state index in [0.717, 1.165) is 8.95 Å². The highest BCUT2D eigenvalue weighted by Gasteiger charge is 2.30. The normalized spacial score (nSPS) is 13.0. The number of ether oxygens (including phenoxy) is 2. The summed E-state index contributed by atoms with van der Waals surface area (Å²) in [6, 6.07) is 12.2. The van der Waals surface area contributed by atoms with Crippen LogP contribution in [0.4, 0.5) is 0 Å². The first kappa shape index (κ1) is 20.4. The Hall–Kier alpha value is -3.32. The molecule has 11 nitrogen and oxygen atoms in total. The molecule has 148 valence electrons. The maximum absolute atomic E-state index is 11.1. The number of nitrogens with zero attached hydrogens (tertiary/aromatic N) is 5. The molecule has 0 amide bonds. The van der Waals surface area contributed by atoms with Crippen LogP contribution in [0.25, 0.3) is 5.32 Å². The Balaban J connectivity index is 1.97. The Morgan fingerprint density at radius 2 is 1.17 bits per heavy atom. The van der Waals surface area contributed by atoms with Crippen LogP contribution in [0.15, 0.2) is 79.1 Å². The molecule has 0 saturated heterocycles. The van der Waals surface area contributed by atoms with Crippen molar-refractivity contribution >= 4 is 43.9 Å². The summed E-state index contributed by atoms with van der Waals surface area (Å²) in [4.78, 5) is 27.1. The van der Waals surface area contributed by atoms with Crippen LogP contribution in [0.2, 0.25) is 0 Å². The third-order valence-corrected chi connectivity index (χ3v) is 4.24. The first-order valence-corrected chi connectivity index (χ1v) is 9.19. The van der Waals surface area contributed by atoms with Gasteiger partial charge in [-0.1, -0.05) is 31.9 Å². The molecule has 0 atom stereocenters. The molecule has 1 heterocycles. The van der Waals surface area contributed by atoms with Gasteiger partial charge in [0.25, 0.3) is 0 Å². The van der Waals surface area contributed by atoms with E-state index in [1.165, 1.54) is 0 Å². The van der Waals surface area contributed by atoms with Gasteiger partial charge in [-0.25, -0.2) is 0 Å². The van der Waals surface area contributed by atoms with Crippen molar-refractivity contribution in [2.75, 3.05) is 0 Å². The van der Waals surface area contributed by atoms with Gasteiger partial charge in [0.1, 0.15) is 21.3 Å². The van der Waals surface area contributed by atoms with Crippen LogP contribution in [0.5, 0.6) is 11.5 Å². The van der Waals surface area contributed by atoms with Crippen molar-refractivity contribution in [3.63, 3.8) is 0 Å². The molecule has 1 aliphatic rings. The highest BCUT2D eigenvalue weighted by atomic mass is 79.9. The van der Waals surface area contributed by atoms with E-state index >= 15 is 0 Å². The van der Waals surface area contributed by atoms with E-state index in [1.807, 2.05) is 0 Å². The van der Waals surface area contributed by atoms with Gasteiger partial charge < -0.3 is 19.5 Å². The minimum Gasteiger partial charge on any atom is -0.450 e. The van der Waals surface area contributed by atoms with Gasteiger partial charge in [0, 0.05) is 8.95 Å². The molecule has 0 radical (unpaired) electrons. The topological polar surface area (TPSA) is 144 Å². The Labute approximate surface area is 179 Å². The van der Waals surface area contributed by atoms with Gasteiger partial charge in [-0.3, -0.25) is 25.5 Å². The van der Waals surface area contributed by atoms with E-state index in [9.17, 15) is 20.2 Å². The Morgan fingerprint density at radius 1 is 0.793 bits per heavy atom. The third kappa shape index (κ3) is 5.36. The fourth-order valence-electron chi connectivity index (χ4n) is 1.98. The van der Waals surface area contributed by atoms with Crippen molar-refractivity contribution in [3.05, 3.63) is 94.7 Å². The summed E-state index contributed by atoms with van der Waals surface area (Å²) in [5, 5.41) is 26.1. The largest absolute Gasteiger partial charge is 0.571 e. The quantitative estimate of drug-likeness (QED) is 0.426. The van der Waals surface area contributed by atoms with Gasteiger partial charge in [-0.15, -0.1) is 0 Å². The molecule has 13 heteroatoms. The van der Waals surface area contributed by atoms with E-state index in [1.54, 1.807) is 48.5 Å². The number of nitro groups is 2. The molecule has 0 aromatic heterocycles. The molecule has 0 N–H and O–H groups in total. The van der Waals surface area contributed by atoms with Crippen molar-refractivity contribution in [1.82, 2.24) is 0 Å². The molecular weight excluding hydrogens is 518 g/mol. The lowest BCUT2D eigenvalue weighted by atomic mass is 10.3. The maximum atomic E-state index is 11.1. The predicted molar refractivity (Wildman–Crippen MR) is 109 cm³/mol. The van der Waals surface area contributed by atoms with Crippen LogP contribution in [-0.4, -0.2) is 21.9 Å². The van der Waals surface area contributed by atoms with E-state index in [0.29, 0.717) is 11.5 Å². The zero-order valence-corrected chi connectivity index (χ0v) is 17.2. The van der Waals surface area contributed by atoms with E-state index < -0.39 is 33.5 Å². The number of rotatable bonds is 4. The molecular formula is C16H8Br2N5O6-. The first-order chi connectivity index (χ1) is 13.8. The van der Waals surface area contributed by atoms with Crippen LogP contribution in [0.1, 0.15) is 0 Å². The number of benzene rings is 2. The molecule has 1 aliphatic heterocycles. The summed E-state index contributed by atoms with van der Waals surface area (Å²) in [6.45, 7) is 0. The van der Waals surface area contributed by atoms with Crippen molar-refractivity contribution in [1.29, 1.82) is 0 Å². The van der Waals surface area contributed by atoms with Gasteiger partial charge >= 0.3 is 5.82 Å². The molecule has 0 aliphatic carbocycles. The third-order valence-electron chi connectivity index (χ3n) is 3.19. The predicted octanol–water partition coefficient (Wildman–Crippen LogP) is 4.45. The van der Waals surface area contributed by atoms with E-state index in [4.69, 9.17) is 9.47 Å². The molecule has 29 heavy (non-hydrogen) atoms. The van der Waals surface area contributed by atoms with Crippen molar-refractivity contribution < 1.29 is 19.3 Å². The van der Waals surface area contributed by atoms with Crippen LogP contribution < -0.4 is 9.47 Å². The lowest BCUT2D eigenvalue weighted by molar-refractivity contribution is -0.617. The van der Waals surface area contributed by atoms with Gasteiger partial charge in [-0.05, 0) is 48.5 Å².